The van der Waals surface area contributed by atoms with Crippen molar-refractivity contribution >= 4 is 28.9 Å². The van der Waals surface area contributed by atoms with Gasteiger partial charge in [-0.25, -0.2) is 0 Å². The lowest BCUT2D eigenvalue weighted by atomic mass is 10.1. The summed E-state index contributed by atoms with van der Waals surface area (Å²) in [6.45, 7) is 9.20. The summed E-state index contributed by atoms with van der Waals surface area (Å²) in [7, 11) is 0. The van der Waals surface area contributed by atoms with E-state index in [0.29, 0.717) is 10.0 Å². The Hall–Kier alpha value is -1.19. The maximum atomic E-state index is 6.22. The van der Waals surface area contributed by atoms with Crippen LogP contribution in [-0.4, -0.2) is 9.78 Å². The zero-order valence-electron chi connectivity index (χ0n) is 12.2. The summed E-state index contributed by atoms with van der Waals surface area (Å²) in [6.07, 6.45) is 0. The molecule has 1 atom stereocenters. The first-order valence-corrected chi connectivity index (χ1v) is 7.45. The Kier molecular flexibility index (Phi) is 4.61. The summed E-state index contributed by atoms with van der Waals surface area (Å²) >= 11 is 12.3. The molecular weight excluding hydrogens is 293 g/mol. The standard InChI is InChI=1S/C15H19Cl2N3/c1-5-20-11(4)14(10(3)19-20)9(2)18-13-8-6-7-12(16)15(13)17/h6-9,18H,5H2,1-4H3. The molecule has 0 aliphatic carbocycles. The molecule has 3 nitrogen and oxygen atoms in total. The number of aromatic nitrogens is 2. The van der Waals surface area contributed by atoms with E-state index in [0.717, 1.165) is 17.9 Å². The van der Waals surface area contributed by atoms with Crippen LogP contribution in [0.15, 0.2) is 18.2 Å². The average molecular weight is 312 g/mol. The second-order valence-corrected chi connectivity index (χ2v) is 5.65. The summed E-state index contributed by atoms with van der Waals surface area (Å²) in [6, 6.07) is 5.72. The lowest BCUT2D eigenvalue weighted by Crippen LogP contribution is -2.09. The average Bonchev–Trinajstić information content (AvgIpc) is 2.69. The van der Waals surface area contributed by atoms with Gasteiger partial charge in [0.25, 0.3) is 0 Å². The second-order valence-electron chi connectivity index (χ2n) is 4.87. The van der Waals surface area contributed by atoms with E-state index in [1.54, 1.807) is 6.07 Å². The van der Waals surface area contributed by atoms with E-state index in [2.05, 4.69) is 31.2 Å². The van der Waals surface area contributed by atoms with E-state index in [-0.39, 0.29) is 6.04 Å². The molecule has 1 aromatic carbocycles. The monoisotopic (exact) mass is 311 g/mol. The minimum atomic E-state index is 0.117. The van der Waals surface area contributed by atoms with Crippen molar-refractivity contribution in [1.82, 2.24) is 9.78 Å². The Morgan fingerprint density at radius 2 is 2.00 bits per heavy atom. The van der Waals surface area contributed by atoms with E-state index in [1.807, 2.05) is 23.7 Å². The highest BCUT2D eigenvalue weighted by Crippen LogP contribution is 2.33. The van der Waals surface area contributed by atoms with Gasteiger partial charge in [0.05, 0.1) is 27.5 Å². The SMILES string of the molecule is CCn1nc(C)c(C(C)Nc2cccc(Cl)c2Cl)c1C. The van der Waals surface area contributed by atoms with Crippen LogP contribution in [0.25, 0.3) is 0 Å². The number of anilines is 1. The van der Waals surface area contributed by atoms with Gasteiger partial charge in [0, 0.05) is 17.8 Å². The maximum absolute atomic E-state index is 6.22. The number of hydrogen-bond donors (Lipinski definition) is 1. The van der Waals surface area contributed by atoms with Crippen molar-refractivity contribution in [2.24, 2.45) is 0 Å². The summed E-state index contributed by atoms with van der Waals surface area (Å²) in [5.41, 5.74) is 4.28. The lowest BCUT2D eigenvalue weighted by Gasteiger charge is -2.17. The molecule has 2 aromatic rings. The molecule has 0 bridgehead atoms. The molecule has 1 aromatic heterocycles. The highest BCUT2D eigenvalue weighted by molar-refractivity contribution is 6.43. The van der Waals surface area contributed by atoms with Crippen LogP contribution in [0.5, 0.6) is 0 Å². The second kappa shape index (κ2) is 6.06. The lowest BCUT2D eigenvalue weighted by molar-refractivity contribution is 0.632. The Morgan fingerprint density at radius 3 is 2.60 bits per heavy atom. The van der Waals surface area contributed by atoms with Crippen molar-refractivity contribution in [2.75, 3.05) is 5.32 Å². The minimum absolute atomic E-state index is 0.117. The first-order chi connectivity index (χ1) is 9.45. The number of aryl methyl sites for hydroxylation is 2. The van der Waals surface area contributed by atoms with Crippen LogP contribution in [-0.2, 0) is 6.54 Å². The summed E-state index contributed by atoms with van der Waals surface area (Å²) in [4.78, 5) is 0. The molecule has 0 saturated carbocycles. The third-order valence-corrected chi connectivity index (χ3v) is 4.31. The molecule has 1 heterocycles. The van der Waals surface area contributed by atoms with Gasteiger partial charge in [-0.3, -0.25) is 4.68 Å². The molecule has 5 heteroatoms. The number of halogens is 2. The van der Waals surface area contributed by atoms with Crippen molar-refractivity contribution < 1.29 is 0 Å². The largest absolute Gasteiger partial charge is 0.377 e. The van der Waals surface area contributed by atoms with Crippen LogP contribution in [0.3, 0.4) is 0 Å². The van der Waals surface area contributed by atoms with E-state index in [9.17, 15) is 0 Å². The van der Waals surface area contributed by atoms with Crippen molar-refractivity contribution in [3.8, 4) is 0 Å². The fourth-order valence-corrected chi connectivity index (χ4v) is 2.92. The molecule has 0 aliphatic heterocycles. The van der Waals surface area contributed by atoms with Gasteiger partial charge in [0.1, 0.15) is 0 Å². The fraction of sp³-hybridized carbons (Fsp3) is 0.400. The Balaban J connectivity index is 2.31. The van der Waals surface area contributed by atoms with Gasteiger partial charge in [-0.1, -0.05) is 29.3 Å². The maximum Gasteiger partial charge on any atom is 0.0823 e. The topological polar surface area (TPSA) is 29.9 Å². The molecule has 108 valence electrons. The molecule has 0 aliphatic rings. The van der Waals surface area contributed by atoms with Crippen LogP contribution in [0.4, 0.5) is 5.69 Å². The van der Waals surface area contributed by atoms with E-state index in [4.69, 9.17) is 23.2 Å². The van der Waals surface area contributed by atoms with Crippen molar-refractivity contribution in [2.45, 2.75) is 40.3 Å². The summed E-state index contributed by atoms with van der Waals surface area (Å²) in [5, 5.41) is 9.08. The van der Waals surface area contributed by atoms with Gasteiger partial charge in [-0.2, -0.15) is 5.10 Å². The third-order valence-electron chi connectivity index (χ3n) is 3.49. The van der Waals surface area contributed by atoms with Gasteiger partial charge in [-0.15, -0.1) is 0 Å². The fourth-order valence-electron chi connectivity index (χ4n) is 2.57. The molecule has 1 unspecified atom stereocenters. The molecule has 0 amide bonds. The number of nitrogens with one attached hydrogen (secondary N) is 1. The predicted molar refractivity (Wildman–Crippen MR) is 85.9 cm³/mol. The smallest absolute Gasteiger partial charge is 0.0823 e. The zero-order chi connectivity index (χ0) is 14.9. The molecule has 0 radical (unpaired) electrons. The van der Waals surface area contributed by atoms with E-state index in [1.165, 1.54) is 11.3 Å². The number of benzene rings is 1. The summed E-state index contributed by atoms with van der Waals surface area (Å²) in [5.74, 6) is 0. The molecule has 2 rings (SSSR count). The Morgan fingerprint density at radius 1 is 1.30 bits per heavy atom. The van der Waals surface area contributed by atoms with Crippen LogP contribution in [0, 0.1) is 13.8 Å². The van der Waals surface area contributed by atoms with Crippen molar-refractivity contribution in [3.63, 3.8) is 0 Å². The number of hydrogen-bond acceptors (Lipinski definition) is 2. The molecule has 1 N–H and O–H groups in total. The number of rotatable bonds is 4. The van der Waals surface area contributed by atoms with Gasteiger partial charge in [-0.05, 0) is 39.8 Å². The first kappa shape index (κ1) is 15.2. The van der Waals surface area contributed by atoms with Crippen LogP contribution in [0.2, 0.25) is 10.0 Å². The van der Waals surface area contributed by atoms with E-state index >= 15 is 0 Å². The highest BCUT2D eigenvalue weighted by Gasteiger charge is 2.18. The molecule has 0 saturated heterocycles. The Bertz CT molecular complexity index is 620. The van der Waals surface area contributed by atoms with Gasteiger partial charge < -0.3 is 5.32 Å². The third kappa shape index (κ3) is 2.79. The van der Waals surface area contributed by atoms with Crippen molar-refractivity contribution in [1.29, 1.82) is 0 Å². The molecular formula is C15H19Cl2N3. The minimum Gasteiger partial charge on any atom is -0.377 e. The quantitative estimate of drug-likeness (QED) is 0.861. The molecule has 0 spiro atoms. The van der Waals surface area contributed by atoms with Gasteiger partial charge >= 0.3 is 0 Å². The summed E-state index contributed by atoms with van der Waals surface area (Å²) < 4.78 is 2.02. The number of nitrogens with zero attached hydrogens (tertiary/aromatic N) is 2. The van der Waals surface area contributed by atoms with Gasteiger partial charge in [0.15, 0.2) is 0 Å². The first-order valence-electron chi connectivity index (χ1n) is 6.70. The predicted octanol–water partition coefficient (Wildman–Crippen LogP) is 5.00. The van der Waals surface area contributed by atoms with Crippen LogP contribution < -0.4 is 5.32 Å². The molecule has 0 fully saturated rings. The van der Waals surface area contributed by atoms with Crippen molar-refractivity contribution in [3.05, 3.63) is 45.2 Å². The normalized spacial score (nSPS) is 12.5. The highest BCUT2D eigenvalue weighted by atomic mass is 35.5. The van der Waals surface area contributed by atoms with E-state index < -0.39 is 0 Å². The zero-order valence-corrected chi connectivity index (χ0v) is 13.7. The Labute approximate surface area is 129 Å². The van der Waals surface area contributed by atoms with Crippen LogP contribution in [0.1, 0.15) is 36.8 Å². The molecule has 20 heavy (non-hydrogen) atoms. The van der Waals surface area contributed by atoms with Crippen LogP contribution >= 0.6 is 23.2 Å². The van der Waals surface area contributed by atoms with Gasteiger partial charge in [0.2, 0.25) is 0 Å².